The average Bonchev–Trinajstić information content (AvgIpc) is 3.14. The number of piperidine rings is 1. The average molecular weight is 627 g/mol. The molecular formula is C25H27FN4O14. The monoisotopic (exact) mass is 626 g/mol. The smallest absolute Gasteiger partial charge is 0.303 e. The number of nitrogens with one attached hydrogen (secondary N) is 2. The molecule has 3 heterocycles. The molecule has 0 saturated carbocycles. The van der Waals surface area contributed by atoms with Crippen LogP contribution in [0.25, 0.3) is 0 Å². The summed E-state index contributed by atoms with van der Waals surface area (Å²) in [4.78, 5) is 38.5. The third-order valence-electron chi connectivity index (χ3n) is 7.63. The number of amides is 3. The molecule has 3 aliphatic heterocycles. The van der Waals surface area contributed by atoms with Gasteiger partial charge in [-0.25, -0.2) is 9.29 Å². The topological polar surface area (TPSA) is 293 Å². The van der Waals surface area contributed by atoms with E-state index in [0.29, 0.717) is 12.1 Å². The van der Waals surface area contributed by atoms with E-state index < -0.39 is 86.8 Å². The Bertz CT molecular complexity index is 1540. The molecule has 44 heavy (non-hydrogen) atoms. The van der Waals surface area contributed by atoms with Crippen molar-refractivity contribution in [2.45, 2.75) is 35.3 Å². The lowest BCUT2D eigenvalue weighted by atomic mass is 9.90. The number of imide groups is 1. The van der Waals surface area contributed by atoms with Crippen LogP contribution in [0.15, 0.2) is 36.4 Å². The summed E-state index contributed by atoms with van der Waals surface area (Å²) in [6.45, 7) is 0.402. The minimum Gasteiger partial charge on any atom is -0.379 e. The van der Waals surface area contributed by atoms with E-state index in [1.807, 2.05) is 5.32 Å². The molecule has 19 heteroatoms. The van der Waals surface area contributed by atoms with Crippen LogP contribution in [0.3, 0.4) is 0 Å². The van der Waals surface area contributed by atoms with E-state index in [-0.39, 0.29) is 31.2 Å². The van der Waals surface area contributed by atoms with Crippen LogP contribution in [0, 0.1) is 5.82 Å². The molecule has 2 aromatic carbocycles. The minimum atomic E-state index is -4.21. The van der Waals surface area contributed by atoms with Crippen LogP contribution < -0.4 is 10.6 Å². The number of anilines is 1. The van der Waals surface area contributed by atoms with Gasteiger partial charge < -0.3 is 61.1 Å². The predicted molar refractivity (Wildman–Crippen MR) is 135 cm³/mol. The molecule has 0 spiro atoms. The van der Waals surface area contributed by atoms with Crippen molar-refractivity contribution in [2.75, 3.05) is 31.6 Å². The van der Waals surface area contributed by atoms with Crippen LogP contribution in [-0.4, -0.2) is 123 Å². The Kier molecular flexibility index (Phi) is 7.33. The lowest BCUT2D eigenvalue weighted by Crippen LogP contribution is -2.80. The first-order valence-corrected chi connectivity index (χ1v) is 12.7. The molecule has 1 unspecified atom stereocenters. The van der Waals surface area contributed by atoms with E-state index in [2.05, 4.69) is 0 Å². The van der Waals surface area contributed by atoms with Crippen LogP contribution in [-0.2, 0) is 32.1 Å². The van der Waals surface area contributed by atoms with E-state index >= 15 is 0 Å². The summed E-state index contributed by atoms with van der Waals surface area (Å²) in [7, 11) is 0. The van der Waals surface area contributed by atoms with Crippen molar-refractivity contribution >= 4 is 23.4 Å². The number of benzene rings is 2. The Morgan fingerprint density at radius 2 is 1.59 bits per heavy atom. The zero-order chi connectivity index (χ0) is 32.6. The van der Waals surface area contributed by atoms with Crippen molar-refractivity contribution in [3.8, 4) is 0 Å². The van der Waals surface area contributed by atoms with Gasteiger partial charge in [-0.15, -0.1) is 0 Å². The second-order valence-electron chi connectivity index (χ2n) is 10.4. The Labute approximate surface area is 245 Å². The van der Waals surface area contributed by atoms with Gasteiger partial charge in [0, 0.05) is 24.3 Å². The third-order valence-corrected chi connectivity index (χ3v) is 7.63. The molecule has 3 aliphatic rings. The van der Waals surface area contributed by atoms with E-state index in [1.165, 1.54) is 5.32 Å². The molecule has 5 rings (SSSR count). The number of halogens is 1. The molecule has 3 amide bonds. The largest absolute Gasteiger partial charge is 0.379 e. The Hall–Kier alpha value is -3.70. The van der Waals surface area contributed by atoms with E-state index in [9.17, 15) is 69.8 Å². The highest BCUT2D eigenvalue weighted by Crippen LogP contribution is 2.45. The van der Waals surface area contributed by atoms with Gasteiger partial charge in [0.05, 0.1) is 29.9 Å². The summed E-state index contributed by atoms with van der Waals surface area (Å²) in [6, 6.07) is 2.33. The van der Waals surface area contributed by atoms with Crippen molar-refractivity contribution in [2.24, 2.45) is 0 Å². The summed E-state index contributed by atoms with van der Waals surface area (Å²) < 4.78 is 20.1. The summed E-state index contributed by atoms with van der Waals surface area (Å²) >= 11 is 0. The second-order valence-corrected chi connectivity index (χ2v) is 10.4. The number of hydrogen-bond acceptors (Lipinski definition) is 16. The van der Waals surface area contributed by atoms with Gasteiger partial charge >= 0.3 is 5.79 Å². The molecule has 2 fully saturated rings. The normalized spacial score (nSPS) is 23.4. The maximum absolute atomic E-state index is 14.9. The highest BCUT2D eigenvalue weighted by atomic mass is 19.1. The Morgan fingerprint density at radius 1 is 0.955 bits per heavy atom. The maximum atomic E-state index is 14.9. The van der Waals surface area contributed by atoms with Crippen LogP contribution in [0.5, 0.6) is 0 Å². The number of fused-ring (bicyclic) bond motifs is 1. The quantitative estimate of drug-likeness (QED) is 0.105. The van der Waals surface area contributed by atoms with Gasteiger partial charge in [0.15, 0.2) is 6.04 Å². The summed E-state index contributed by atoms with van der Waals surface area (Å²) in [5, 5.41) is 109. The fraction of sp³-hybridized carbons (Fsp3) is 0.400. The maximum Gasteiger partial charge on any atom is 0.303 e. The molecule has 238 valence electrons. The Morgan fingerprint density at radius 3 is 2.23 bits per heavy atom. The Balaban J connectivity index is 1.53. The highest BCUT2D eigenvalue weighted by molar-refractivity contribution is 6.09. The molecule has 0 bridgehead atoms. The molecule has 0 radical (unpaired) electrons. The van der Waals surface area contributed by atoms with Crippen molar-refractivity contribution in [1.29, 1.82) is 0 Å². The molecule has 2 saturated heterocycles. The lowest BCUT2D eigenvalue weighted by molar-refractivity contribution is -0.373. The van der Waals surface area contributed by atoms with E-state index in [4.69, 9.17) is 4.74 Å². The van der Waals surface area contributed by atoms with Crippen LogP contribution in [0.4, 0.5) is 10.1 Å². The number of carbonyl (C=O) groups is 3. The zero-order valence-electron chi connectivity index (χ0n) is 22.2. The van der Waals surface area contributed by atoms with Gasteiger partial charge in [-0.1, -0.05) is 6.07 Å². The van der Waals surface area contributed by atoms with Gasteiger partial charge in [0.25, 0.3) is 41.2 Å². The lowest BCUT2D eigenvalue weighted by Gasteiger charge is -2.47. The van der Waals surface area contributed by atoms with Crippen molar-refractivity contribution in [3.05, 3.63) is 64.5 Å². The fourth-order valence-electron chi connectivity index (χ4n) is 5.30. The van der Waals surface area contributed by atoms with Gasteiger partial charge in [0.1, 0.15) is 5.82 Å². The van der Waals surface area contributed by atoms with Gasteiger partial charge in [0.2, 0.25) is 0 Å². The number of aliphatic hydroxyl groups is 10. The molecule has 18 nitrogen and oxygen atoms in total. The van der Waals surface area contributed by atoms with Crippen LogP contribution in [0.2, 0.25) is 0 Å². The van der Waals surface area contributed by atoms with Gasteiger partial charge in [-0.2, -0.15) is 0 Å². The van der Waals surface area contributed by atoms with Crippen LogP contribution >= 0.6 is 0 Å². The SMILES string of the molecule is O=C1NC(=O)C(O)(O)C(O)(O)C1N1C(=O)c2cccc(NC(O)(O)c3cc(C(O)(O)N4CCOCC4)ccc3F)c2C1(O)O. The van der Waals surface area contributed by atoms with Crippen molar-refractivity contribution in [3.63, 3.8) is 0 Å². The molecular weight excluding hydrogens is 599 g/mol. The number of hydrogen-bond donors (Lipinski definition) is 12. The van der Waals surface area contributed by atoms with E-state index in [1.54, 1.807) is 0 Å². The molecule has 12 N–H and O–H groups in total. The molecule has 0 aromatic heterocycles. The molecule has 0 aliphatic carbocycles. The first-order valence-electron chi connectivity index (χ1n) is 12.7. The molecule has 1 atom stereocenters. The van der Waals surface area contributed by atoms with Crippen LogP contribution in [0.1, 0.15) is 27.0 Å². The number of nitrogens with zero attached hydrogens (tertiary/aromatic N) is 2. The number of ether oxygens (including phenoxy) is 1. The van der Waals surface area contributed by atoms with Gasteiger partial charge in [-0.05, 0) is 30.3 Å². The zero-order valence-corrected chi connectivity index (χ0v) is 22.2. The standard InChI is InChI=1S/C25H27FN4O14/c26-14-5-4-11(24(40,41)29-6-8-44-9-7-29)10-13(14)23(38,39)28-15-3-1-2-12-16(15)25(42,43)30(19(12)32)17-18(31)27-20(33)22(36,37)21(17,34)35/h1-5,10,17,28,34-43H,6-9H2,(H,27,31,33). The second kappa shape index (κ2) is 10.2. The third kappa shape index (κ3) is 4.63. The number of rotatable bonds is 6. The first kappa shape index (κ1) is 31.7. The van der Waals surface area contributed by atoms with Gasteiger partial charge in [-0.3, -0.25) is 24.6 Å². The number of carbonyl (C=O) groups excluding carboxylic acids is 3. The van der Waals surface area contributed by atoms with Crippen molar-refractivity contribution < 1.29 is 74.6 Å². The number of morpholine rings is 1. The summed E-state index contributed by atoms with van der Waals surface area (Å²) in [5.74, 6) is -24.9. The van der Waals surface area contributed by atoms with Crippen molar-refractivity contribution in [1.82, 2.24) is 15.1 Å². The highest BCUT2D eigenvalue weighted by Gasteiger charge is 2.70. The predicted octanol–water partition coefficient (Wildman–Crippen LogP) is -5.60. The fourth-order valence-corrected chi connectivity index (χ4v) is 5.30. The minimum absolute atomic E-state index is 0.0565. The summed E-state index contributed by atoms with van der Waals surface area (Å²) in [5.41, 5.74) is -3.79. The molecule has 2 aromatic rings. The first-order chi connectivity index (χ1) is 20.3. The summed E-state index contributed by atoms with van der Waals surface area (Å²) in [6.07, 6.45) is 0. The van der Waals surface area contributed by atoms with E-state index in [0.717, 1.165) is 29.2 Å².